The first-order chi connectivity index (χ1) is 11.6. The maximum absolute atomic E-state index is 12.7. The van der Waals surface area contributed by atoms with Crippen LogP contribution in [0.2, 0.25) is 0 Å². The van der Waals surface area contributed by atoms with Crippen LogP contribution in [0.3, 0.4) is 0 Å². The highest BCUT2D eigenvalue weighted by atomic mass is 32.1. The zero-order valence-electron chi connectivity index (χ0n) is 14.1. The molecular weight excluding hydrogens is 322 g/mol. The lowest BCUT2D eigenvalue weighted by molar-refractivity contribution is -0.126. The minimum atomic E-state index is -0.469. The Bertz CT molecular complexity index is 750. The van der Waals surface area contributed by atoms with E-state index >= 15 is 0 Å². The van der Waals surface area contributed by atoms with E-state index in [1.54, 1.807) is 0 Å². The molecule has 0 spiro atoms. The second kappa shape index (κ2) is 7.30. The fourth-order valence-corrected chi connectivity index (χ4v) is 4.27. The van der Waals surface area contributed by atoms with Crippen molar-refractivity contribution in [2.75, 3.05) is 5.32 Å². The van der Waals surface area contributed by atoms with Gasteiger partial charge in [0.05, 0.1) is 10.2 Å². The minimum Gasteiger partial charge on any atom is -0.344 e. The summed E-state index contributed by atoms with van der Waals surface area (Å²) in [6.45, 7) is 3.57. The van der Waals surface area contributed by atoms with E-state index in [0.717, 1.165) is 42.3 Å². The Labute approximate surface area is 145 Å². The van der Waals surface area contributed by atoms with Gasteiger partial charge in [-0.3, -0.25) is 9.59 Å². The Balaban J connectivity index is 1.77. The fraction of sp³-hybridized carbons (Fsp3) is 0.500. The number of anilines is 1. The first-order valence-electron chi connectivity index (χ1n) is 8.54. The molecule has 128 valence electrons. The number of benzene rings is 1. The van der Waals surface area contributed by atoms with Gasteiger partial charge in [0.15, 0.2) is 5.13 Å². The lowest BCUT2D eigenvalue weighted by atomic mass is 9.97. The van der Waals surface area contributed by atoms with Crippen molar-refractivity contribution < 1.29 is 9.59 Å². The van der Waals surface area contributed by atoms with E-state index in [9.17, 15) is 9.59 Å². The van der Waals surface area contributed by atoms with Gasteiger partial charge in [-0.15, -0.1) is 0 Å². The third kappa shape index (κ3) is 3.75. The van der Waals surface area contributed by atoms with E-state index in [1.165, 1.54) is 23.8 Å². The molecule has 24 heavy (non-hydrogen) atoms. The number of carbonyl (C=O) groups excluding carboxylic acids is 2. The molecule has 0 radical (unpaired) electrons. The molecule has 6 heteroatoms. The SMILES string of the molecule is CCc1ccc2nc(NC(=O)C(NC(C)=O)C3CCCC3)sc2c1. The molecule has 1 fully saturated rings. The second-order valence-corrected chi connectivity index (χ2v) is 7.42. The van der Waals surface area contributed by atoms with Crippen LogP contribution in [0, 0.1) is 5.92 Å². The Morgan fingerprint density at radius 2 is 2.08 bits per heavy atom. The number of aryl methyl sites for hydroxylation is 1. The van der Waals surface area contributed by atoms with Crippen LogP contribution in [0.25, 0.3) is 10.2 Å². The van der Waals surface area contributed by atoms with Gasteiger partial charge in [0.25, 0.3) is 0 Å². The summed E-state index contributed by atoms with van der Waals surface area (Å²) in [5.41, 5.74) is 2.15. The van der Waals surface area contributed by atoms with Crippen molar-refractivity contribution in [3.8, 4) is 0 Å². The molecular formula is C18H23N3O2S. The number of aromatic nitrogens is 1. The van der Waals surface area contributed by atoms with Crippen LogP contribution in [0.15, 0.2) is 18.2 Å². The molecule has 5 nitrogen and oxygen atoms in total. The number of nitrogens with zero attached hydrogens (tertiary/aromatic N) is 1. The third-order valence-corrected chi connectivity index (χ3v) is 5.54. The number of hydrogen-bond donors (Lipinski definition) is 2. The van der Waals surface area contributed by atoms with E-state index in [2.05, 4.69) is 34.7 Å². The molecule has 0 bridgehead atoms. The van der Waals surface area contributed by atoms with Crippen molar-refractivity contribution in [1.82, 2.24) is 10.3 Å². The number of amides is 2. The molecule has 2 N–H and O–H groups in total. The van der Waals surface area contributed by atoms with E-state index < -0.39 is 6.04 Å². The second-order valence-electron chi connectivity index (χ2n) is 6.39. The lowest BCUT2D eigenvalue weighted by Gasteiger charge is -2.22. The highest BCUT2D eigenvalue weighted by Gasteiger charge is 2.31. The number of carbonyl (C=O) groups is 2. The van der Waals surface area contributed by atoms with Gasteiger partial charge in [-0.05, 0) is 42.9 Å². The number of rotatable bonds is 5. The minimum absolute atomic E-state index is 0.160. The summed E-state index contributed by atoms with van der Waals surface area (Å²) in [6.07, 6.45) is 5.18. The Hall–Kier alpha value is -1.95. The number of hydrogen-bond acceptors (Lipinski definition) is 4. The van der Waals surface area contributed by atoms with Crippen LogP contribution in [0.1, 0.15) is 45.1 Å². The number of fused-ring (bicyclic) bond motifs is 1. The summed E-state index contributed by atoms with van der Waals surface area (Å²) in [4.78, 5) is 28.6. The van der Waals surface area contributed by atoms with Crippen molar-refractivity contribution in [2.45, 2.75) is 52.0 Å². The summed E-state index contributed by atoms with van der Waals surface area (Å²) in [5.74, 6) is -0.110. The fourth-order valence-electron chi connectivity index (χ4n) is 3.33. The van der Waals surface area contributed by atoms with Crippen molar-refractivity contribution in [1.29, 1.82) is 0 Å². The lowest BCUT2D eigenvalue weighted by Crippen LogP contribution is -2.47. The van der Waals surface area contributed by atoms with Crippen molar-refractivity contribution >= 4 is 38.5 Å². The average Bonchev–Trinajstić information content (AvgIpc) is 3.20. The molecule has 1 aliphatic rings. The Morgan fingerprint density at radius 3 is 2.75 bits per heavy atom. The molecule has 2 aromatic rings. The van der Waals surface area contributed by atoms with E-state index in [1.807, 2.05) is 6.07 Å². The average molecular weight is 345 g/mol. The van der Waals surface area contributed by atoms with Gasteiger partial charge in [-0.2, -0.15) is 0 Å². The normalized spacial score (nSPS) is 16.2. The maximum Gasteiger partial charge on any atom is 0.249 e. The van der Waals surface area contributed by atoms with Gasteiger partial charge < -0.3 is 10.6 Å². The molecule has 1 unspecified atom stereocenters. The molecule has 1 aromatic carbocycles. The molecule has 1 atom stereocenters. The monoisotopic (exact) mass is 345 g/mol. The number of thiazole rings is 1. The van der Waals surface area contributed by atoms with Gasteiger partial charge in [0.2, 0.25) is 11.8 Å². The quantitative estimate of drug-likeness (QED) is 0.871. The Morgan fingerprint density at radius 1 is 1.33 bits per heavy atom. The largest absolute Gasteiger partial charge is 0.344 e. The molecule has 2 amide bonds. The zero-order valence-corrected chi connectivity index (χ0v) is 14.9. The Kier molecular flexibility index (Phi) is 5.14. The number of nitrogens with one attached hydrogen (secondary N) is 2. The van der Waals surface area contributed by atoms with Crippen LogP contribution in [0.4, 0.5) is 5.13 Å². The van der Waals surface area contributed by atoms with Gasteiger partial charge in [0, 0.05) is 6.92 Å². The molecule has 1 heterocycles. The maximum atomic E-state index is 12.7. The van der Waals surface area contributed by atoms with Crippen LogP contribution in [-0.4, -0.2) is 22.8 Å². The smallest absolute Gasteiger partial charge is 0.249 e. The van der Waals surface area contributed by atoms with Crippen LogP contribution >= 0.6 is 11.3 Å². The van der Waals surface area contributed by atoms with Crippen molar-refractivity contribution in [3.05, 3.63) is 23.8 Å². The summed E-state index contributed by atoms with van der Waals surface area (Å²) in [6, 6.07) is 5.70. The van der Waals surface area contributed by atoms with Gasteiger partial charge in [-0.1, -0.05) is 37.2 Å². The molecule has 3 rings (SSSR count). The summed E-state index contributed by atoms with van der Waals surface area (Å²) in [5, 5.41) is 6.32. The van der Waals surface area contributed by atoms with Crippen molar-refractivity contribution in [2.24, 2.45) is 5.92 Å². The van der Waals surface area contributed by atoms with E-state index in [-0.39, 0.29) is 17.7 Å². The van der Waals surface area contributed by atoms with Crippen LogP contribution < -0.4 is 10.6 Å². The van der Waals surface area contributed by atoms with Crippen LogP contribution in [-0.2, 0) is 16.0 Å². The van der Waals surface area contributed by atoms with Gasteiger partial charge in [-0.25, -0.2) is 4.98 Å². The predicted octanol–water partition coefficient (Wildman–Crippen LogP) is 3.49. The van der Waals surface area contributed by atoms with Crippen LogP contribution in [0.5, 0.6) is 0 Å². The van der Waals surface area contributed by atoms with Gasteiger partial charge >= 0.3 is 0 Å². The topological polar surface area (TPSA) is 71.1 Å². The molecule has 1 aromatic heterocycles. The predicted molar refractivity (Wildman–Crippen MR) is 97.2 cm³/mol. The first kappa shape index (κ1) is 16.9. The molecule has 1 aliphatic carbocycles. The standard InChI is InChI=1S/C18H23N3O2S/c1-3-12-8-9-14-15(10-12)24-18(20-14)21-17(23)16(19-11(2)22)13-6-4-5-7-13/h8-10,13,16H,3-7H2,1-2H3,(H,19,22)(H,20,21,23). The zero-order chi connectivity index (χ0) is 17.1. The highest BCUT2D eigenvalue weighted by molar-refractivity contribution is 7.22. The van der Waals surface area contributed by atoms with Crippen molar-refractivity contribution in [3.63, 3.8) is 0 Å². The molecule has 1 saturated carbocycles. The third-order valence-electron chi connectivity index (χ3n) is 4.60. The van der Waals surface area contributed by atoms with E-state index in [4.69, 9.17) is 0 Å². The summed E-state index contributed by atoms with van der Waals surface area (Å²) in [7, 11) is 0. The molecule has 0 aliphatic heterocycles. The van der Waals surface area contributed by atoms with E-state index in [0.29, 0.717) is 5.13 Å². The molecule has 0 saturated heterocycles. The van der Waals surface area contributed by atoms with Gasteiger partial charge in [0.1, 0.15) is 6.04 Å². The first-order valence-corrected chi connectivity index (χ1v) is 9.36. The summed E-state index contributed by atoms with van der Waals surface area (Å²) < 4.78 is 1.07. The summed E-state index contributed by atoms with van der Waals surface area (Å²) >= 11 is 1.48. The highest BCUT2D eigenvalue weighted by Crippen LogP contribution is 2.30.